The summed E-state index contributed by atoms with van der Waals surface area (Å²) < 4.78 is 14.5. The summed E-state index contributed by atoms with van der Waals surface area (Å²) in [5.74, 6) is -0.487. The van der Waals surface area contributed by atoms with Crippen LogP contribution < -0.4 is 10.2 Å². The summed E-state index contributed by atoms with van der Waals surface area (Å²) in [6, 6.07) is 15.8. The zero-order valence-electron chi connectivity index (χ0n) is 15.2. The molecule has 1 atom stereocenters. The van der Waals surface area contributed by atoms with Gasteiger partial charge < -0.3 is 10.2 Å². The number of halogens is 1. The standard InChI is InChI=1S/C22H23FN2O2/c23-19-11-5-4-10-18(19)22(12-6-7-13-22)21(27)24-16-14-20(26)25(15-16)17-8-2-1-3-9-17/h1-5,8-11,16H,6-7,12-15H2,(H,24,27). The minimum Gasteiger partial charge on any atom is -0.350 e. The van der Waals surface area contributed by atoms with Crippen LogP contribution >= 0.6 is 0 Å². The van der Waals surface area contributed by atoms with Crippen molar-refractivity contribution < 1.29 is 14.0 Å². The minimum absolute atomic E-state index is 0.00198. The third kappa shape index (κ3) is 3.22. The maximum Gasteiger partial charge on any atom is 0.231 e. The number of benzene rings is 2. The number of anilines is 1. The lowest BCUT2D eigenvalue weighted by Crippen LogP contribution is -2.48. The first kappa shape index (κ1) is 17.7. The Balaban J connectivity index is 1.53. The van der Waals surface area contributed by atoms with E-state index in [9.17, 15) is 14.0 Å². The highest BCUT2D eigenvalue weighted by molar-refractivity contribution is 5.97. The molecule has 1 aliphatic carbocycles. The molecule has 4 nitrogen and oxygen atoms in total. The molecule has 2 aliphatic rings. The SMILES string of the molecule is O=C1CC(NC(=O)C2(c3ccccc3F)CCCC2)CN1c1ccccc1. The van der Waals surface area contributed by atoms with Gasteiger partial charge >= 0.3 is 0 Å². The second kappa shape index (κ2) is 7.14. The first-order chi connectivity index (χ1) is 13.1. The molecule has 27 heavy (non-hydrogen) atoms. The molecule has 4 rings (SSSR count). The van der Waals surface area contributed by atoms with E-state index in [2.05, 4.69) is 5.32 Å². The quantitative estimate of drug-likeness (QED) is 0.899. The molecule has 0 spiro atoms. The van der Waals surface area contributed by atoms with Crippen molar-refractivity contribution in [2.75, 3.05) is 11.4 Å². The van der Waals surface area contributed by atoms with Gasteiger partial charge in [-0.1, -0.05) is 49.2 Å². The number of hydrogen-bond acceptors (Lipinski definition) is 2. The van der Waals surface area contributed by atoms with Crippen molar-refractivity contribution in [3.63, 3.8) is 0 Å². The molecule has 2 aromatic rings. The molecule has 5 heteroatoms. The van der Waals surface area contributed by atoms with Crippen LogP contribution in [0.2, 0.25) is 0 Å². The highest BCUT2D eigenvalue weighted by Crippen LogP contribution is 2.42. The number of nitrogens with zero attached hydrogens (tertiary/aromatic N) is 1. The van der Waals surface area contributed by atoms with E-state index in [1.54, 1.807) is 23.1 Å². The topological polar surface area (TPSA) is 49.4 Å². The molecule has 1 unspecified atom stereocenters. The lowest BCUT2D eigenvalue weighted by molar-refractivity contribution is -0.127. The zero-order chi connectivity index (χ0) is 18.9. The molecule has 1 aliphatic heterocycles. The number of carbonyl (C=O) groups is 2. The van der Waals surface area contributed by atoms with Crippen LogP contribution in [-0.4, -0.2) is 24.4 Å². The summed E-state index contributed by atoms with van der Waals surface area (Å²) >= 11 is 0. The first-order valence-corrected chi connectivity index (χ1v) is 9.51. The lowest BCUT2D eigenvalue weighted by atomic mass is 9.77. The fourth-order valence-electron chi connectivity index (χ4n) is 4.43. The number of amides is 2. The maximum absolute atomic E-state index is 14.5. The van der Waals surface area contributed by atoms with Crippen molar-refractivity contribution in [1.29, 1.82) is 0 Å². The largest absolute Gasteiger partial charge is 0.350 e. The van der Waals surface area contributed by atoms with Gasteiger partial charge in [0.25, 0.3) is 0 Å². The van der Waals surface area contributed by atoms with Crippen LogP contribution in [0.5, 0.6) is 0 Å². The Morgan fingerprint density at radius 3 is 2.41 bits per heavy atom. The normalized spacial score (nSPS) is 21.4. The van der Waals surface area contributed by atoms with Gasteiger partial charge in [-0.15, -0.1) is 0 Å². The molecule has 2 aromatic carbocycles. The van der Waals surface area contributed by atoms with E-state index in [1.165, 1.54) is 6.07 Å². The Kier molecular flexibility index (Phi) is 4.68. The third-order valence-electron chi connectivity index (χ3n) is 5.81. The number of para-hydroxylation sites is 1. The summed E-state index contributed by atoms with van der Waals surface area (Å²) in [7, 11) is 0. The van der Waals surface area contributed by atoms with Crippen molar-refractivity contribution in [3.8, 4) is 0 Å². The Labute approximate surface area is 158 Å². The fourth-order valence-corrected chi connectivity index (χ4v) is 4.43. The van der Waals surface area contributed by atoms with Crippen molar-refractivity contribution in [1.82, 2.24) is 5.32 Å². The molecule has 0 bridgehead atoms. The molecule has 1 saturated heterocycles. The van der Waals surface area contributed by atoms with Gasteiger partial charge in [-0.2, -0.15) is 0 Å². The molecular formula is C22H23FN2O2. The highest BCUT2D eigenvalue weighted by atomic mass is 19.1. The van der Waals surface area contributed by atoms with Gasteiger partial charge in [0.2, 0.25) is 11.8 Å². The average molecular weight is 366 g/mol. The van der Waals surface area contributed by atoms with E-state index in [-0.39, 0.29) is 30.1 Å². The van der Waals surface area contributed by atoms with Crippen molar-refractivity contribution in [3.05, 3.63) is 66.0 Å². The van der Waals surface area contributed by atoms with E-state index < -0.39 is 5.41 Å². The minimum atomic E-state index is -0.825. The second-order valence-electron chi connectivity index (χ2n) is 7.48. The van der Waals surface area contributed by atoms with Gasteiger partial charge in [0.15, 0.2) is 0 Å². The van der Waals surface area contributed by atoms with Gasteiger partial charge in [0, 0.05) is 24.2 Å². The van der Waals surface area contributed by atoms with Crippen LogP contribution in [0.15, 0.2) is 54.6 Å². The van der Waals surface area contributed by atoms with E-state index in [0.29, 0.717) is 24.9 Å². The monoisotopic (exact) mass is 366 g/mol. The fraction of sp³-hybridized carbons (Fsp3) is 0.364. The molecule has 0 radical (unpaired) electrons. The maximum atomic E-state index is 14.5. The summed E-state index contributed by atoms with van der Waals surface area (Å²) in [6.07, 6.45) is 3.36. The van der Waals surface area contributed by atoms with E-state index in [0.717, 1.165) is 18.5 Å². The molecule has 1 heterocycles. The summed E-state index contributed by atoms with van der Waals surface area (Å²) in [6.45, 7) is 0.446. The van der Waals surface area contributed by atoms with Crippen molar-refractivity contribution >= 4 is 17.5 Å². The predicted octanol–water partition coefficient (Wildman–Crippen LogP) is 3.56. The van der Waals surface area contributed by atoms with Crippen LogP contribution in [0.3, 0.4) is 0 Å². The molecule has 140 valence electrons. The lowest BCUT2D eigenvalue weighted by Gasteiger charge is -2.30. The molecule has 0 aromatic heterocycles. The second-order valence-corrected chi connectivity index (χ2v) is 7.48. The highest BCUT2D eigenvalue weighted by Gasteiger charge is 2.45. The van der Waals surface area contributed by atoms with Crippen LogP contribution in [0.1, 0.15) is 37.7 Å². The summed E-state index contributed by atoms with van der Waals surface area (Å²) in [5, 5.41) is 3.05. The summed E-state index contributed by atoms with van der Waals surface area (Å²) in [4.78, 5) is 27.3. The number of hydrogen-bond donors (Lipinski definition) is 1. The van der Waals surface area contributed by atoms with E-state index >= 15 is 0 Å². The molecule has 2 amide bonds. The summed E-state index contributed by atoms with van der Waals surface area (Å²) in [5.41, 5.74) is 0.488. The predicted molar refractivity (Wildman–Crippen MR) is 102 cm³/mol. The molecule has 1 N–H and O–H groups in total. The van der Waals surface area contributed by atoms with Crippen LogP contribution in [0, 0.1) is 5.82 Å². The Hall–Kier alpha value is -2.69. The van der Waals surface area contributed by atoms with Crippen molar-refractivity contribution in [2.24, 2.45) is 0 Å². The first-order valence-electron chi connectivity index (χ1n) is 9.51. The average Bonchev–Trinajstić information content (AvgIpc) is 3.30. The molecular weight excluding hydrogens is 343 g/mol. The van der Waals surface area contributed by atoms with Crippen LogP contribution in [0.4, 0.5) is 10.1 Å². The van der Waals surface area contributed by atoms with E-state index in [4.69, 9.17) is 0 Å². The Morgan fingerprint density at radius 2 is 1.70 bits per heavy atom. The van der Waals surface area contributed by atoms with E-state index in [1.807, 2.05) is 30.3 Å². The smallest absolute Gasteiger partial charge is 0.231 e. The number of nitrogens with one attached hydrogen (secondary N) is 1. The molecule has 2 fully saturated rings. The van der Waals surface area contributed by atoms with Crippen molar-refractivity contribution in [2.45, 2.75) is 43.6 Å². The third-order valence-corrected chi connectivity index (χ3v) is 5.81. The van der Waals surface area contributed by atoms with Gasteiger partial charge in [-0.3, -0.25) is 9.59 Å². The number of carbonyl (C=O) groups excluding carboxylic acids is 2. The van der Waals surface area contributed by atoms with Gasteiger partial charge in [-0.05, 0) is 31.0 Å². The Morgan fingerprint density at radius 1 is 1.04 bits per heavy atom. The van der Waals surface area contributed by atoms with Gasteiger partial charge in [-0.25, -0.2) is 4.39 Å². The molecule has 1 saturated carbocycles. The van der Waals surface area contributed by atoms with Crippen LogP contribution in [0.25, 0.3) is 0 Å². The van der Waals surface area contributed by atoms with Gasteiger partial charge in [0.1, 0.15) is 5.82 Å². The number of rotatable bonds is 4. The van der Waals surface area contributed by atoms with Gasteiger partial charge in [0.05, 0.1) is 11.5 Å². The Bertz CT molecular complexity index is 846. The van der Waals surface area contributed by atoms with Crippen LogP contribution in [-0.2, 0) is 15.0 Å². The zero-order valence-corrected chi connectivity index (χ0v) is 15.2.